The highest BCUT2D eigenvalue weighted by atomic mass is 32.1. The average Bonchev–Trinajstić information content (AvgIpc) is 3.07. The Labute approximate surface area is 173 Å². The van der Waals surface area contributed by atoms with Crippen LogP contribution in [0.4, 0.5) is 24.0 Å². The summed E-state index contributed by atoms with van der Waals surface area (Å²) >= 11 is 0.782. The third kappa shape index (κ3) is 5.79. The molecule has 3 aromatic rings. The van der Waals surface area contributed by atoms with E-state index < -0.39 is 16.8 Å². The van der Waals surface area contributed by atoms with E-state index in [1.807, 2.05) is 0 Å². The molecule has 7 heteroatoms. The molecule has 0 atom stereocenters. The number of hydrogen-bond donors (Lipinski definition) is 1. The normalized spacial score (nSPS) is 11.0. The van der Waals surface area contributed by atoms with Crippen LogP contribution in [0.5, 0.6) is 0 Å². The third-order valence-corrected chi connectivity index (χ3v) is 5.45. The molecular formula is C22H24F3N3S. The Morgan fingerprint density at radius 2 is 1.72 bits per heavy atom. The second-order valence-electron chi connectivity index (χ2n) is 6.94. The van der Waals surface area contributed by atoms with E-state index >= 15 is 0 Å². The zero-order valence-electron chi connectivity index (χ0n) is 16.4. The summed E-state index contributed by atoms with van der Waals surface area (Å²) in [6.07, 6.45) is 9.82. The van der Waals surface area contributed by atoms with Crippen LogP contribution < -0.4 is 5.32 Å². The van der Waals surface area contributed by atoms with E-state index in [2.05, 4.69) is 22.2 Å². The van der Waals surface area contributed by atoms with Crippen molar-refractivity contribution in [3.8, 4) is 11.3 Å². The van der Waals surface area contributed by atoms with Crippen molar-refractivity contribution in [3.63, 3.8) is 0 Å². The van der Waals surface area contributed by atoms with Crippen LogP contribution >= 0.6 is 11.3 Å². The Hall–Kier alpha value is -2.41. The molecule has 0 fully saturated rings. The maximum atomic E-state index is 14.4. The minimum Gasteiger partial charge on any atom is -0.331 e. The van der Waals surface area contributed by atoms with E-state index in [1.165, 1.54) is 31.2 Å². The lowest BCUT2D eigenvalue weighted by atomic mass is 10.0. The van der Waals surface area contributed by atoms with E-state index in [-0.39, 0.29) is 22.1 Å². The number of hydrogen-bond acceptors (Lipinski definition) is 4. The average molecular weight is 420 g/mol. The second kappa shape index (κ2) is 10.4. The fraction of sp³-hybridized carbons (Fsp3) is 0.364. The van der Waals surface area contributed by atoms with Crippen molar-refractivity contribution in [3.05, 3.63) is 59.0 Å². The molecule has 0 bridgehead atoms. The Morgan fingerprint density at radius 1 is 1.00 bits per heavy atom. The lowest BCUT2D eigenvalue weighted by Crippen LogP contribution is -1.99. The largest absolute Gasteiger partial charge is 0.331 e. The Kier molecular flexibility index (Phi) is 7.63. The van der Waals surface area contributed by atoms with E-state index in [0.29, 0.717) is 12.0 Å². The first kappa shape index (κ1) is 21.3. The van der Waals surface area contributed by atoms with Gasteiger partial charge in [-0.3, -0.25) is 4.98 Å². The van der Waals surface area contributed by atoms with Gasteiger partial charge in [0.1, 0.15) is 17.3 Å². The molecule has 0 aliphatic heterocycles. The summed E-state index contributed by atoms with van der Waals surface area (Å²) in [5.41, 5.74) is 1.01. The van der Waals surface area contributed by atoms with Crippen molar-refractivity contribution < 1.29 is 13.2 Å². The molecule has 0 saturated carbocycles. The van der Waals surface area contributed by atoms with Crippen LogP contribution in [0.2, 0.25) is 0 Å². The number of anilines is 2. The molecule has 3 rings (SSSR count). The molecule has 0 radical (unpaired) electrons. The molecule has 2 aromatic heterocycles. The summed E-state index contributed by atoms with van der Waals surface area (Å²) in [6.45, 7) is 2.15. The summed E-state index contributed by atoms with van der Waals surface area (Å²) in [5.74, 6) is -1.18. The van der Waals surface area contributed by atoms with Gasteiger partial charge in [0.15, 0.2) is 5.13 Å². The fourth-order valence-electron chi connectivity index (χ4n) is 3.16. The molecule has 1 aromatic carbocycles. The van der Waals surface area contributed by atoms with Gasteiger partial charge in [0.2, 0.25) is 5.13 Å². The number of unbranched alkanes of at least 4 members (excludes halogenated alkanes) is 5. The van der Waals surface area contributed by atoms with Gasteiger partial charge in [0.05, 0.1) is 0 Å². The monoisotopic (exact) mass is 419 g/mol. The number of thiazole rings is 1. The maximum absolute atomic E-state index is 14.4. The van der Waals surface area contributed by atoms with Crippen LogP contribution in [0.3, 0.4) is 0 Å². The standard InChI is InChI=1S/C22H24F3N3S/c1-2-3-4-5-6-7-10-17-18(23)12-16(13-19(17)24)27-22-28-20(21(25)29-22)15-9-8-11-26-14-15/h8-9,11-14H,2-7,10H2,1H3,(H,27,28). The van der Waals surface area contributed by atoms with Gasteiger partial charge in [-0.1, -0.05) is 50.4 Å². The van der Waals surface area contributed by atoms with E-state index in [4.69, 9.17) is 0 Å². The molecule has 29 heavy (non-hydrogen) atoms. The van der Waals surface area contributed by atoms with Crippen molar-refractivity contribution in [2.24, 2.45) is 0 Å². The van der Waals surface area contributed by atoms with Crippen molar-refractivity contribution in [1.82, 2.24) is 9.97 Å². The number of halogens is 3. The molecule has 0 aliphatic rings. The van der Waals surface area contributed by atoms with Gasteiger partial charge in [-0.05, 0) is 37.1 Å². The lowest BCUT2D eigenvalue weighted by Gasteiger charge is -2.09. The highest BCUT2D eigenvalue weighted by molar-refractivity contribution is 7.14. The van der Waals surface area contributed by atoms with E-state index in [9.17, 15) is 13.2 Å². The quantitative estimate of drug-likeness (QED) is 0.351. The topological polar surface area (TPSA) is 37.8 Å². The number of aromatic nitrogens is 2. The van der Waals surface area contributed by atoms with Crippen molar-refractivity contribution >= 4 is 22.2 Å². The third-order valence-electron chi connectivity index (χ3n) is 4.69. The van der Waals surface area contributed by atoms with Crippen molar-refractivity contribution in [1.29, 1.82) is 0 Å². The molecule has 1 N–H and O–H groups in total. The first-order chi connectivity index (χ1) is 14.1. The van der Waals surface area contributed by atoms with Crippen LogP contribution in [0.1, 0.15) is 51.0 Å². The van der Waals surface area contributed by atoms with Gasteiger partial charge < -0.3 is 5.32 Å². The second-order valence-corrected chi connectivity index (χ2v) is 7.89. The summed E-state index contributed by atoms with van der Waals surface area (Å²) in [7, 11) is 0. The number of rotatable bonds is 10. The minimum atomic E-state index is -0.592. The molecular weight excluding hydrogens is 395 g/mol. The van der Waals surface area contributed by atoms with E-state index in [1.54, 1.807) is 18.3 Å². The predicted molar refractivity (Wildman–Crippen MR) is 112 cm³/mol. The zero-order valence-corrected chi connectivity index (χ0v) is 17.2. The van der Waals surface area contributed by atoms with Crippen LogP contribution in [0.15, 0.2) is 36.7 Å². The van der Waals surface area contributed by atoms with Crippen LogP contribution in [0.25, 0.3) is 11.3 Å². The molecule has 0 spiro atoms. The Balaban J connectivity index is 1.65. The Bertz CT molecular complexity index is 905. The van der Waals surface area contributed by atoms with Crippen molar-refractivity contribution in [2.45, 2.75) is 51.9 Å². The zero-order chi connectivity index (χ0) is 20.6. The number of nitrogens with one attached hydrogen (secondary N) is 1. The van der Waals surface area contributed by atoms with Gasteiger partial charge in [0, 0.05) is 29.2 Å². The van der Waals surface area contributed by atoms with Gasteiger partial charge in [-0.25, -0.2) is 13.8 Å². The SMILES string of the molecule is CCCCCCCCc1c(F)cc(Nc2nc(-c3cccnc3)c(F)s2)cc1F. The molecule has 154 valence electrons. The highest BCUT2D eigenvalue weighted by Gasteiger charge is 2.15. The summed E-state index contributed by atoms with van der Waals surface area (Å²) < 4.78 is 43.0. The molecule has 2 heterocycles. The van der Waals surface area contributed by atoms with Crippen LogP contribution in [0, 0.1) is 16.8 Å². The van der Waals surface area contributed by atoms with Gasteiger partial charge in [-0.15, -0.1) is 0 Å². The maximum Gasteiger partial charge on any atom is 0.206 e. The highest BCUT2D eigenvalue weighted by Crippen LogP contribution is 2.31. The number of nitrogens with zero attached hydrogens (tertiary/aromatic N) is 2. The molecule has 0 saturated heterocycles. The number of benzene rings is 1. The summed E-state index contributed by atoms with van der Waals surface area (Å²) in [6, 6.07) is 5.86. The van der Waals surface area contributed by atoms with Gasteiger partial charge in [-0.2, -0.15) is 4.39 Å². The summed E-state index contributed by atoms with van der Waals surface area (Å²) in [4.78, 5) is 8.14. The summed E-state index contributed by atoms with van der Waals surface area (Å²) in [5, 5.41) is 2.54. The predicted octanol–water partition coefficient (Wildman–Crippen LogP) is 7.27. The minimum absolute atomic E-state index is 0.104. The lowest BCUT2D eigenvalue weighted by molar-refractivity contribution is 0.539. The molecule has 0 unspecified atom stereocenters. The fourth-order valence-corrected chi connectivity index (χ4v) is 3.89. The molecule has 0 aliphatic carbocycles. The van der Waals surface area contributed by atoms with Crippen molar-refractivity contribution in [2.75, 3.05) is 5.32 Å². The number of pyridine rings is 1. The smallest absolute Gasteiger partial charge is 0.206 e. The Morgan fingerprint density at radius 3 is 2.41 bits per heavy atom. The van der Waals surface area contributed by atoms with Crippen LogP contribution in [-0.2, 0) is 6.42 Å². The van der Waals surface area contributed by atoms with Gasteiger partial charge >= 0.3 is 0 Å². The molecule has 0 amide bonds. The molecule has 3 nitrogen and oxygen atoms in total. The first-order valence-electron chi connectivity index (χ1n) is 9.90. The van der Waals surface area contributed by atoms with Crippen LogP contribution in [-0.4, -0.2) is 9.97 Å². The van der Waals surface area contributed by atoms with E-state index in [0.717, 1.165) is 37.0 Å². The van der Waals surface area contributed by atoms with Gasteiger partial charge in [0.25, 0.3) is 0 Å². The first-order valence-corrected chi connectivity index (χ1v) is 10.7.